The SMILES string of the molecule is CC(C)(C)OC(=O)N[C@@H](Cc1ccccc1)C(=O)OCC#N. The van der Waals surface area contributed by atoms with E-state index in [0.29, 0.717) is 0 Å². The van der Waals surface area contributed by atoms with Crippen molar-refractivity contribution in [3.8, 4) is 6.07 Å². The van der Waals surface area contributed by atoms with Gasteiger partial charge in [0.05, 0.1) is 0 Å². The number of carbonyl (C=O) groups excluding carboxylic acids is 2. The molecule has 0 aliphatic heterocycles. The summed E-state index contributed by atoms with van der Waals surface area (Å²) in [6, 6.07) is 10.0. The van der Waals surface area contributed by atoms with Gasteiger partial charge >= 0.3 is 12.1 Å². The summed E-state index contributed by atoms with van der Waals surface area (Å²) in [5.74, 6) is -0.670. The summed E-state index contributed by atoms with van der Waals surface area (Å²) in [6.07, 6.45) is -0.452. The van der Waals surface area contributed by atoms with Gasteiger partial charge < -0.3 is 14.8 Å². The predicted molar refractivity (Wildman–Crippen MR) is 79.9 cm³/mol. The molecule has 0 aliphatic rings. The van der Waals surface area contributed by atoms with E-state index >= 15 is 0 Å². The molecule has 0 saturated carbocycles. The Labute approximate surface area is 130 Å². The van der Waals surface area contributed by atoms with Crippen LogP contribution in [0.15, 0.2) is 30.3 Å². The largest absolute Gasteiger partial charge is 0.449 e. The molecule has 1 amide bonds. The van der Waals surface area contributed by atoms with E-state index < -0.39 is 23.7 Å². The molecule has 1 rings (SSSR count). The first kappa shape index (κ1) is 17.5. The van der Waals surface area contributed by atoms with E-state index in [4.69, 9.17) is 14.7 Å². The van der Waals surface area contributed by atoms with Crippen LogP contribution in [0.4, 0.5) is 4.79 Å². The lowest BCUT2D eigenvalue weighted by molar-refractivity contribution is -0.144. The average molecular weight is 304 g/mol. The molecule has 0 heterocycles. The van der Waals surface area contributed by atoms with Crippen molar-refractivity contribution < 1.29 is 19.1 Å². The van der Waals surface area contributed by atoms with Crippen LogP contribution in [0.1, 0.15) is 26.3 Å². The Morgan fingerprint density at radius 3 is 2.45 bits per heavy atom. The van der Waals surface area contributed by atoms with Gasteiger partial charge in [0.15, 0.2) is 6.61 Å². The van der Waals surface area contributed by atoms with E-state index in [2.05, 4.69) is 5.32 Å². The Morgan fingerprint density at radius 1 is 1.27 bits per heavy atom. The van der Waals surface area contributed by atoms with Crippen LogP contribution in [-0.2, 0) is 20.7 Å². The maximum Gasteiger partial charge on any atom is 0.408 e. The van der Waals surface area contributed by atoms with Crippen LogP contribution < -0.4 is 5.32 Å². The van der Waals surface area contributed by atoms with E-state index in [1.165, 1.54) is 0 Å². The van der Waals surface area contributed by atoms with Crippen molar-refractivity contribution in [2.75, 3.05) is 6.61 Å². The van der Waals surface area contributed by atoms with Gasteiger partial charge in [0.2, 0.25) is 0 Å². The van der Waals surface area contributed by atoms with Gasteiger partial charge in [-0.3, -0.25) is 0 Å². The lowest BCUT2D eigenvalue weighted by atomic mass is 10.1. The monoisotopic (exact) mass is 304 g/mol. The Balaban J connectivity index is 2.76. The number of alkyl carbamates (subject to hydrolysis) is 1. The van der Waals surface area contributed by atoms with Crippen LogP contribution in [0.5, 0.6) is 0 Å². The minimum atomic E-state index is -0.911. The van der Waals surface area contributed by atoms with Crippen molar-refractivity contribution in [2.45, 2.75) is 38.8 Å². The van der Waals surface area contributed by atoms with E-state index in [1.807, 2.05) is 30.3 Å². The number of rotatable bonds is 5. The molecule has 0 aliphatic carbocycles. The fourth-order valence-corrected chi connectivity index (χ4v) is 1.70. The van der Waals surface area contributed by atoms with Crippen LogP contribution >= 0.6 is 0 Å². The normalized spacial score (nSPS) is 11.9. The highest BCUT2D eigenvalue weighted by atomic mass is 16.6. The maximum atomic E-state index is 12.0. The number of amides is 1. The minimum Gasteiger partial charge on any atom is -0.449 e. The van der Waals surface area contributed by atoms with Crippen LogP contribution in [-0.4, -0.2) is 30.3 Å². The Morgan fingerprint density at radius 2 is 1.91 bits per heavy atom. The predicted octanol–water partition coefficient (Wildman–Crippen LogP) is 2.19. The highest BCUT2D eigenvalue weighted by molar-refractivity contribution is 5.81. The number of nitriles is 1. The number of nitrogens with one attached hydrogen (secondary N) is 1. The van der Waals surface area contributed by atoms with Crippen molar-refractivity contribution in [1.29, 1.82) is 5.26 Å². The number of hydrogen-bond acceptors (Lipinski definition) is 5. The van der Waals surface area contributed by atoms with Crippen LogP contribution in [0.3, 0.4) is 0 Å². The first-order valence-electron chi connectivity index (χ1n) is 6.89. The van der Waals surface area contributed by atoms with Gasteiger partial charge in [-0.1, -0.05) is 30.3 Å². The molecule has 0 saturated heterocycles. The topological polar surface area (TPSA) is 88.4 Å². The fourth-order valence-electron chi connectivity index (χ4n) is 1.70. The van der Waals surface area contributed by atoms with Crippen molar-refractivity contribution in [3.63, 3.8) is 0 Å². The molecule has 0 radical (unpaired) electrons. The third-order valence-corrected chi connectivity index (χ3v) is 2.54. The summed E-state index contributed by atoms with van der Waals surface area (Å²) in [4.78, 5) is 23.8. The number of benzene rings is 1. The van der Waals surface area contributed by atoms with Gasteiger partial charge in [0.25, 0.3) is 0 Å². The van der Waals surface area contributed by atoms with Crippen molar-refractivity contribution in [1.82, 2.24) is 5.32 Å². The zero-order valence-corrected chi connectivity index (χ0v) is 13.0. The highest BCUT2D eigenvalue weighted by Crippen LogP contribution is 2.09. The van der Waals surface area contributed by atoms with Gasteiger partial charge in [-0.05, 0) is 26.3 Å². The number of carbonyl (C=O) groups is 2. The summed E-state index contributed by atoms with van der Waals surface area (Å²) < 4.78 is 9.92. The summed E-state index contributed by atoms with van der Waals surface area (Å²) in [5, 5.41) is 11.0. The lowest BCUT2D eigenvalue weighted by Crippen LogP contribution is -2.45. The molecule has 118 valence electrons. The van der Waals surface area contributed by atoms with Gasteiger partial charge in [-0.25, -0.2) is 9.59 Å². The molecular weight excluding hydrogens is 284 g/mol. The third-order valence-electron chi connectivity index (χ3n) is 2.54. The van der Waals surface area contributed by atoms with E-state index in [-0.39, 0.29) is 13.0 Å². The Kier molecular flexibility index (Phi) is 6.39. The quantitative estimate of drug-likeness (QED) is 0.842. The van der Waals surface area contributed by atoms with Crippen molar-refractivity contribution in [2.24, 2.45) is 0 Å². The summed E-state index contributed by atoms with van der Waals surface area (Å²) in [6.45, 7) is 4.83. The van der Waals surface area contributed by atoms with E-state index in [1.54, 1.807) is 26.8 Å². The van der Waals surface area contributed by atoms with Gasteiger partial charge in [0, 0.05) is 6.42 Å². The summed E-state index contributed by atoms with van der Waals surface area (Å²) in [5.41, 5.74) is 0.190. The molecule has 0 bridgehead atoms. The maximum absolute atomic E-state index is 12.0. The molecule has 0 spiro atoms. The smallest absolute Gasteiger partial charge is 0.408 e. The number of nitrogens with zero attached hydrogens (tertiary/aromatic N) is 1. The van der Waals surface area contributed by atoms with Gasteiger partial charge in [-0.15, -0.1) is 0 Å². The fraction of sp³-hybridized carbons (Fsp3) is 0.438. The molecule has 1 aromatic carbocycles. The van der Waals surface area contributed by atoms with E-state index in [9.17, 15) is 9.59 Å². The molecule has 0 aromatic heterocycles. The first-order valence-corrected chi connectivity index (χ1v) is 6.89. The summed E-state index contributed by atoms with van der Waals surface area (Å²) in [7, 11) is 0. The zero-order valence-electron chi connectivity index (χ0n) is 13.0. The van der Waals surface area contributed by atoms with Gasteiger partial charge in [0.1, 0.15) is 17.7 Å². The first-order chi connectivity index (χ1) is 10.3. The van der Waals surface area contributed by atoms with Gasteiger partial charge in [-0.2, -0.15) is 5.26 Å². The van der Waals surface area contributed by atoms with E-state index in [0.717, 1.165) is 5.56 Å². The Bertz CT molecular complexity index is 544. The molecule has 6 nitrogen and oxygen atoms in total. The molecule has 6 heteroatoms. The third kappa shape index (κ3) is 6.75. The molecule has 0 unspecified atom stereocenters. The molecular formula is C16H20N2O4. The number of esters is 1. The summed E-state index contributed by atoms with van der Waals surface area (Å²) >= 11 is 0. The van der Waals surface area contributed by atoms with Crippen LogP contribution in [0.2, 0.25) is 0 Å². The second kappa shape index (κ2) is 8.03. The second-order valence-corrected chi connectivity index (χ2v) is 5.65. The number of hydrogen-bond donors (Lipinski definition) is 1. The molecule has 22 heavy (non-hydrogen) atoms. The minimum absolute atomic E-state index is 0.254. The average Bonchev–Trinajstić information content (AvgIpc) is 2.43. The Hall–Kier alpha value is -2.55. The second-order valence-electron chi connectivity index (χ2n) is 5.65. The molecule has 1 atom stereocenters. The van der Waals surface area contributed by atoms with Crippen LogP contribution in [0.25, 0.3) is 0 Å². The lowest BCUT2D eigenvalue weighted by Gasteiger charge is -2.22. The highest BCUT2D eigenvalue weighted by Gasteiger charge is 2.25. The van der Waals surface area contributed by atoms with Crippen molar-refractivity contribution in [3.05, 3.63) is 35.9 Å². The van der Waals surface area contributed by atoms with Crippen molar-refractivity contribution >= 4 is 12.1 Å². The molecule has 0 fully saturated rings. The number of ether oxygens (including phenoxy) is 2. The standard InChI is InChI=1S/C16H20N2O4/c1-16(2,3)22-15(20)18-13(14(19)21-10-9-17)11-12-7-5-4-6-8-12/h4-8,13H,10-11H2,1-3H3,(H,18,20)/t13-/m0/s1. The zero-order chi connectivity index (χ0) is 16.6. The van der Waals surface area contributed by atoms with Crippen LogP contribution in [0, 0.1) is 11.3 Å². The molecule has 1 N–H and O–H groups in total. The molecule has 1 aromatic rings.